The second-order valence-corrected chi connectivity index (χ2v) is 22.0. The molecule has 10 aromatic rings. The van der Waals surface area contributed by atoms with Gasteiger partial charge in [0.25, 0.3) is 11.1 Å². The first-order valence-corrected chi connectivity index (χ1v) is 29.1. The number of imidazole rings is 4. The molecule has 8 aromatic heterocycles. The van der Waals surface area contributed by atoms with Crippen LogP contribution >= 0.6 is 0 Å². The van der Waals surface area contributed by atoms with Crippen LogP contribution in [0.1, 0.15) is 106 Å². The van der Waals surface area contributed by atoms with Crippen LogP contribution in [0.4, 0.5) is 11.9 Å². The van der Waals surface area contributed by atoms with Crippen molar-refractivity contribution in [3.8, 4) is 0 Å². The minimum Gasteiger partial charge on any atom is -0.460 e. The van der Waals surface area contributed by atoms with Crippen LogP contribution in [0.5, 0.6) is 0 Å². The Hall–Kier alpha value is -8.80. The number of anilines is 2. The molecule has 4 N–H and O–H groups in total. The molecular formula is C62H76N14O9. The zero-order chi connectivity index (χ0) is 58.8. The fourth-order valence-corrected chi connectivity index (χ4v) is 11.6. The van der Waals surface area contributed by atoms with Gasteiger partial charge in [0.2, 0.25) is 35.0 Å². The highest BCUT2D eigenvalue weighted by molar-refractivity contribution is 5.87. The summed E-state index contributed by atoms with van der Waals surface area (Å²) in [6.45, 7) is 18.2. The number of carbonyl (C=O) groups excluding carboxylic acids is 2. The number of para-hydroxylation sites is 4. The first-order chi connectivity index (χ1) is 40.6. The minimum absolute atomic E-state index is 0. The van der Waals surface area contributed by atoms with E-state index in [2.05, 4.69) is 51.7 Å². The van der Waals surface area contributed by atoms with E-state index >= 15 is 0 Å². The molecular weight excluding hydrogens is 1080 g/mol. The van der Waals surface area contributed by atoms with Crippen LogP contribution in [-0.4, -0.2) is 139 Å². The molecule has 23 heteroatoms. The van der Waals surface area contributed by atoms with E-state index < -0.39 is 11.9 Å². The lowest BCUT2D eigenvalue weighted by Gasteiger charge is -2.32. The topological polar surface area (TPSA) is 255 Å². The van der Waals surface area contributed by atoms with E-state index in [4.69, 9.17) is 28.3 Å². The lowest BCUT2D eigenvalue weighted by atomic mass is 10.0. The fraction of sp³-hybridized carbons (Fsp3) is 0.419. The Kier molecular flexibility index (Phi) is 17.9. The third-order valence-electron chi connectivity index (χ3n) is 16.5. The molecule has 0 unspecified atom stereocenters. The number of hydrogen-bond acceptors (Lipinski definition) is 16. The smallest absolute Gasteiger partial charge is 0.374 e. The molecule has 12 rings (SSSR count). The lowest BCUT2D eigenvalue weighted by Crippen LogP contribution is -2.41. The van der Waals surface area contributed by atoms with Crippen LogP contribution in [0.3, 0.4) is 0 Å². The number of carbonyl (C=O) groups is 2. The number of ether oxygens (including phenoxy) is 2. The van der Waals surface area contributed by atoms with Crippen molar-refractivity contribution in [1.82, 2.24) is 56.8 Å². The predicted molar refractivity (Wildman–Crippen MR) is 324 cm³/mol. The third-order valence-corrected chi connectivity index (χ3v) is 16.5. The SMILES string of the molecule is CCOC(=O)c1cc(Cn2c(NC3CCN(CCc4c(C)nc5n(C)ccn5c4=O)CC3)nc3ccccc32)c(C)o1.CCOC(=O)c1cc(Cn2c(NC3CCN(CCc4c(C)nc5n(C)ccn5c4=O)CC3)nc3ccccc32)c(C)o1.O. The van der Waals surface area contributed by atoms with Crippen LogP contribution < -0.4 is 21.8 Å². The zero-order valence-corrected chi connectivity index (χ0v) is 49.7. The van der Waals surface area contributed by atoms with Crippen molar-refractivity contribution >= 4 is 57.5 Å². The summed E-state index contributed by atoms with van der Waals surface area (Å²) in [6, 6.07) is 20.2. The van der Waals surface area contributed by atoms with Gasteiger partial charge < -0.3 is 62.5 Å². The van der Waals surface area contributed by atoms with E-state index in [-0.39, 0.29) is 40.2 Å². The number of nitrogens with one attached hydrogen (secondary N) is 2. The summed E-state index contributed by atoms with van der Waals surface area (Å²) < 4.78 is 33.0. The highest BCUT2D eigenvalue weighted by Crippen LogP contribution is 2.29. The zero-order valence-electron chi connectivity index (χ0n) is 49.7. The quantitative estimate of drug-likeness (QED) is 0.0816. The Labute approximate surface area is 491 Å². The first-order valence-electron chi connectivity index (χ1n) is 29.1. The number of hydrogen-bond donors (Lipinski definition) is 2. The van der Waals surface area contributed by atoms with E-state index in [1.165, 1.54) is 0 Å². The van der Waals surface area contributed by atoms with Gasteiger partial charge in [-0.3, -0.25) is 18.4 Å². The van der Waals surface area contributed by atoms with Gasteiger partial charge >= 0.3 is 11.9 Å². The number of benzene rings is 2. The summed E-state index contributed by atoms with van der Waals surface area (Å²) in [5, 5.41) is 7.40. The minimum atomic E-state index is -0.454. The molecule has 0 spiro atoms. The van der Waals surface area contributed by atoms with Crippen LogP contribution in [-0.2, 0) is 49.5 Å². The predicted octanol–water partition coefficient (Wildman–Crippen LogP) is 7.05. The summed E-state index contributed by atoms with van der Waals surface area (Å²) in [5.41, 5.74) is 8.90. The number of fused-ring (bicyclic) bond motifs is 4. The number of esters is 2. The number of furan rings is 2. The first kappa shape index (κ1) is 59.4. The van der Waals surface area contributed by atoms with E-state index in [0.29, 0.717) is 62.2 Å². The molecule has 0 bridgehead atoms. The maximum atomic E-state index is 13.1. The molecule has 2 fully saturated rings. The number of rotatable bonds is 18. The van der Waals surface area contributed by atoms with E-state index in [1.807, 2.05) is 99.7 Å². The van der Waals surface area contributed by atoms with Crippen LogP contribution in [0.15, 0.2) is 104 Å². The maximum Gasteiger partial charge on any atom is 0.374 e. The van der Waals surface area contributed by atoms with Gasteiger partial charge in [0, 0.05) is 112 Å². The lowest BCUT2D eigenvalue weighted by molar-refractivity contribution is 0.0480. The molecule has 0 radical (unpaired) electrons. The summed E-state index contributed by atoms with van der Waals surface area (Å²) in [6.07, 6.45) is 12.5. The van der Waals surface area contributed by atoms with Crippen molar-refractivity contribution in [2.75, 3.05) is 63.1 Å². The molecule has 23 nitrogen and oxygen atoms in total. The van der Waals surface area contributed by atoms with Crippen molar-refractivity contribution in [3.05, 3.63) is 163 Å². The Balaban J connectivity index is 0.000000187. The number of piperidine rings is 2. The number of aromatic nitrogens is 10. The Morgan fingerprint density at radius 2 is 0.965 bits per heavy atom. The second-order valence-electron chi connectivity index (χ2n) is 22.0. The molecule has 10 heterocycles. The number of aryl methyl sites for hydroxylation is 6. The summed E-state index contributed by atoms with van der Waals surface area (Å²) in [5.74, 6) is 3.84. The fourth-order valence-electron chi connectivity index (χ4n) is 11.6. The summed E-state index contributed by atoms with van der Waals surface area (Å²) in [7, 11) is 3.79. The van der Waals surface area contributed by atoms with Gasteiger partial charge in [-0.15, -0.1) is 0 Å². The number of nitrogens with zero attached hydrogens (tertiary/aromatic N) is 12. The van der Waals surface area contributed by atoms with E-state index in [9.17, 15) is 19.2 Å². The van der Waals surface area contributed by atoms with Crippen molar-refractivity contribution in [1.29, 1.82) is 0 Å². The monoisotopic (exact) mass is 1160 g/mol. The molecule has 2 aliphatic heterocycles. The van der Waals surface area contributed by atoms with Crippen LogP contribution in [0.25, 0.3) is 33.6 Å². The maximum absolute atomic E-state index is 13.1. The summed E-state index contributed by atoms with van der Waals surface area (Å²) >= 11 is 0. The van der Waals surface area contributed by atoms with Crippen molar-refractivity contribution < 1.29 is 33.4 Å². The Morgan fingerprint density at radius 1 is 0.576 bits per heavy atom. The van der Waals surface area contributed by atoms with Gasteiger partial charge in [-0.25, -0.2) is 29.5 Å². The average Bonchev–Trinajstić information content (AvgIpc) is 3.19. The largest absolute Gasteiger partial charge is 0.460 e. The average molecular weight is 1160 g/mol. The van der Waals surface area contributed by atoms with Gasteiger partial charge in [0.05, 0.1) is 59.8 Å². The van der Waals surface area contributed by atoms with E-state index in [0.717, 1.165) is 133 Å². The van der Waals surface area contributed by atoms with Gasteiger partial charge in [0.15, 0.2) is 0 Å². The van der Waals surface area contributed by atoms with E-state index in [1.54, 1.807) is 47.2 Å². The third kappa shape index (κ3) is 12.5. The highest BCUT2D eigenvalue weighted by atomic mass is 16.5. The van der Waals surface area contributed by atoms with Gasteiger partial charge in [-0.1, -0.05) is 24.3 Å². The summed E-state index contributed by atoms with van der Waals surface area (Å²) in [4.78, 5) is 74.5. The molecule has 0 atom stereocenters. The van der Waals surface area contributed by atoms with Crippen LogP contribution in [0.2, 0.25) is 0 Å². The highest BCUT2D eigenvalue weighted by Gasteiger charge is 2.27. The van der Waals surface area contributed by atoms with Crippen molar-refractivity contribution in [3.63, 3.8) is 0 Å². The Bertz CT molecular complexity index is 3870. The Morgan fingerprint density at radius 3 is 1.35 bits per heavy atom. The molecule has 2 aliphatic rings. The molecule has 85 heavy (non-hydrogen) atoms. The molecule has 0 aliphatic carbocycles. The van der Waals surface area contributed by atoms with Crippen molar-refractivity contribution in [2.24, 2.45) is 14.1 Å². The van der Waals surface area contributed by atoms with Crippen molar-refractivity contribution in [2.45, 2.75) is 105 Å². The van der Waals surface area contributed by atoms with Gasteiger partial charge in [-0.05, 0) is 116 Å². The van der Waals surface area contributed by atoms with Gasteiger partial charge in [0.1, 0.15) is 11.5 Å². The molecule has 2 aromatic carbocycles. The molecule has 0 amide bonds. The molecule has 2 saturated heterocycles. The standard InChI is InChI=1S/2C31H37N7O4.H2O/c2*1-5-41-29(40)27-18-22(21(3)42-27)19-38-26-9-7-6-8-25(26)34-30(38)33-23-10-13-36(14-11-23)15-12-24-20(2)32-31-35(4)16-17-37(31)28(24)39;/h2*6-9,16-18,23H,5,10-15,19H2,1-4H3,(H,33,34);1H2. The molecule has 448 valence electrons. The number of likely N-dealkylation sites (tertiary alicyclic amines) is 2. The normalized spacial score (nSPS) is 14.5. The van der Waals surface area contributed by atoms with Gasteiger partial charge in [-0.2, -0.15) is 0 Å². The second kappa shape index (κ2) is 25.6. The molecule has 0 saturated carbocycles. The van der Waals surface area contributed by atoms with Crippen LogP contribution in [0, 0.1) is 27.7 Å².